The highest BCUT2D eigenvalue weighted by molar-refractivity contribution is 5.83. The van der Waals surface area contributed by atoms with Crippen molar-refractivity contribution in [1.29, 1.82) is 0 Å². The zero-order chi connectivity index (χ0) is 17.6. The van der Waals surface area contributed by atoms with Crippen molar-refractivity contribution >= 4 is 12.0 Å². The average molecular weight is 335 g/mol. The van der Waals surface area contributed by atoms with Gasteiger partial charge in [0.25, 0.3) is 0 Å². The number of ether oxygens (including phenoxy) is 1. The van der Waals surface area contributed by atoms with Crippen LogP contribution in [0.5, 0.6) is 5.88 Å². The van der Waals surface area contributed by atoms with E-state index in [9.17, 15) is 9.90 Å². The third-order valence-corrected chi connectivity index (χ3v) is 3.44. The van der Waals surface area contributed by atoms with Crippen molar-refractivity contribution < 1.29 is 19.1 Å². The minimum Gasteiger partial charge on any atom is -0.545 e. The second-order valence-corrected chi connectivity index (χ2v) is 5.26. The lowest BCUT2D eigenvalue weighted by Gasteiger charge is -2.03. The summed E-state index contributed by atoms with van der Waals surface area (Å²) in [6.07, 6.45) is 3.86. The highest BCUT2D eigenvalue weighted by Crippen LogP contribution is 2.22. The molecule has 0 saturated carbocycles. The van der Waals surface area contributed by atoms with Crippen LogP contribution in [-0.2, 0) is 11.4 Å². The second kappa shape index (κ2) is 7.44. The lowest BCUT2D eigenvalue weighted by Crippen LogP contribution is -2.18. The van der Waals surface area contributed by atoms with Gasteiger partial charge < -0.3 is 19.1 Å². The number of carboxylic acid groups (broad SMARTS) is 1. The van der Waals surface area contributed by atoms with E-state index < -0.39 is 5.97 Å². The molecular formula is C19H15N2O4-. The number of nitrogens with zero attached hydrogens (tertiary/aromatic N) is 2. The predicted molar refractivity (Wildman–Crippen MR) is 89.3 cm³/mol. The second-order valence-electron chi connectivity index (χ2n) is 5.26. The molecule has 1 aromatic carbocycles. The summed E-state index contributed by atoms with van der Waals surface area (Å²) in [6, 6.07) is 13.0. The zero-order valence-corrected chi connectivity index (χ0v) is 13.5. The molecule has 0 radical (unpaired) electrons. The molecule has 126 valence electrons. The van der Waals surface area contributed by atoms with Crippen LogP contribution >= 0.6 is 0 Å². The first kappa shape index (κ1) is 16.4. The van der Waals surface area contributed by atoms with Crippen molar-refractivity contribution in [1.82, 2.24) is 9.97 Å². The summed E-state index contributed by atoms with van der Waals surface area (Å²) >= 11 is 0. The number of carbonyl (C=O) groups is 1. The molecule has 0 atom stereocenters. The van der Waals surface area contributed by atoms with Crippen LogP contribution in [-0.4, -0.2) is 15.9 Å². The van der Waals surface area contributed by atoms with Gasteiger partial charge in [0, 0.05) is 17.8 Å². The molecule has 0 N–H and O–H groups in total. The maximum absolute atomic E-state index is 10.4. The lowest BCUT2D eigenvalue weighted by atomic mass is 10.2. The Bertz CT molecular complexity index is 884. The molecule has 6 heteroatoms. The van der Waals surface area contributed by atoms with Gasteiger partial charge in [0.15, 0.2) is 0 Å². The molecule has 0 bridgehead atoms. The first-order chi connectivity index (χ1) is 12.1. The molecule has 0 spiro atoms. The fourth-order valence-corrected chi connectivity index (χ4v) is 2.15. The summed E-state index contributed by atoms with van der Waals surface area (Å²) in [7, 11) is 0. The molecule has 0 saturated heterocycles. The Hall–Kier alpha value is -3.41. The zero-order valence-electron chi connectivity index (χ0n) is 13.5. The van der Waals surface area contributed by atoms with Crippen LogP contribution in [0.2, 0.25) is 0 Å². The third kappa shape index (κ3) is 4.32. The normalized spacial score (nSPS) is 10.9. The van der Waals surface area contributed by atoms with Gasteiger partial charge in [0.2, 0.25) is 11.8 Å². The quantitative estimate of drug-likeness (QED) is 0.643. The summed E-state index contributed by atoms with van der Waals surface area (Å²) < 4.78 is 11.3. The van der Waals surface area contributed by atoms with Crippen LogP contribution < -0.4 is 9.84 Å². The minimum absolute atomic E-state index is 0.226. The van der Waals surface area contributed by atoms with Gasteiger partial charge in [-0.25, -0.2) is 9.97 Å². The van der Waals surface area contributed by atoms with E-state index in [2.05, 4.69) is 9.97 Å². The number of oxazole rings is 1. The van der Waals surface area contributed by atoms with Crippen molar-refractivity contribution in [2.75, 3.05) is 0 Å². The number of benzene rings is 1. The van der Waals surface area contributed by atoms with Crippen molar-refractivity contribution in [3.8, 4) is 17.3 Å². The maximum Gasteiger partial charge on any atom is 0.226 e. The molecule has 25 heavy (non-hydrogen) atoms. The Kier molecular flexibility index (Phi) is 4.89. The van der Waals surface area contributed by atoms with Crippen LogP contribution in [0, 0.1) is 6.92 Å². The summed E-state index contributed by atoms with van der Waals surface area (Å²) in [4.78, 5) is 19.0. The SMILES string of the molecule is Cc1oc(-c2ccccc2)nc1COc1ccc(/C=C/C(=O)[O-])cn1. The van der Waals surface area contributed by atoms with E-state index in [0.717, 1.165) is 11.6 Å². The smallest absolute Gasteiger partial charge is 0.226 e. The Balaban J connectivity index is 1.66. The Morgan fingerprint density at radius 2 is 2.04 bits per heavy atom. The first-order valence-electron chi connectivity index (χ1n) is 7.61. The average Bonchev–Trinajstić information content (AvgIpc) is 3.00. The highest BCUT2D eigenvalue weighted by Gasteiger charge is 2.12. The molecular weight excluding hydrogens is 320 g/mol. The number of pyridine rings is 1. The highest BCUT2D eigenvalue weighted by atomic mass is 16.5. The topological polar surface area (TPSA) is 88.3 Å². The fourth-order valence-electron chi connectivity index (χ4n) is 2.15. The maximum atomic E-state index is 10.4. The van der Waals surface area contributed by atoms with Crippen LogP contribution in [0.25, 0.3) is 17.5 Å². The number of aliphatic carboxylic acids is 1. The van der Waals surface area contributed by atoms with E-state index in [-0.39, 0.29) is 6.61 Å². The van der Waals surface area contributed by atoms with Crippen LogP contribution in [0.4, 0.5) is 0 Å². The van der Waals surface area contributed by atoms with Gasteiger partial charge >= 0.3 is 0 Å². The molecule has 0 aliphatic carbocycles. The summed E-state index contributed by atoms with van der Waals surface area (Å²) in [5.74, 6) is 0.394. The van der Waals surface area contributed by atoms with Crippen LogP contribution in [0.15, 0.2) is 59.2 Å². The molecule has 3 aromatic rings. The molecule has 6 nitrogen and oxygen atoms in total. The standard InChI is InChI=1S/C19H16N2O4/c1-13-16(21-19(25-13)15-5-3-2-4-6-15)12-24-17-9-7-14(11-20-17)8-10-18(22)23/h2-11H,12H2,1H3,(H,22,23)/p-1/b10-8+. The van der Waals surface area contributed by atoms with Gasteiger partial charge in [0.1, 0.15) is 18.1 Å². The number of hydrogen-bond donors (Lipinski definition) is 0. The van der Waals surface area contributed by atoms with E-state index in [1.165, 1.54) is 12.3 Å². The molecule has 2 aromatic heterocycles. The number of aromatic nitrogens is 2. The van der Waals surface area contributed by atoms with E-state index in [4.69, 9.17) is 9.15 Å². The molecule has 0 fully saturated rings. The number of carboxylic acids is 1. The molecule has 0 unspecified atom stereocenters. The monoisotopic (exact) mass is 335 g/mol. The number of hydrogen-bond acceptors (Lipinski definition) is 6. The molecule has 0 aliphatic rings. The number of carbonyl (C=O) groups excluding carboxylic acids is 1. The largest absolute Gasteiger partial charge is 0.545 e. The molecule has 0 amide bonds. The van der Waals surface area contributed by atoms with Gasteiger partial charge in [-0.15, -0.1) is 0 Å². The van der Waals surface area contributed by atoms with Gasteiger partial charge in [-0.1, -0.05) is 24.3 Å². The van der Waals surface area contributed by atoms with Gasteiger partial charge in [-0.05, 0) is 36.8 Å². The number of rotatable bonds is 6. The molecule has 3 rings (SSSR count). The van der Waals surface area contributed by atoms with E-state index in [0.29, 0.717) is 28.8 Å². The number of aryl methyl sites for hydroxylation is 1. The van der Waals surface area contributed by atoms with E-state index in [1.807, 2.05) is 37.3 Å². The van der Waals surface area contributed by atoms with Crippen molar-refractivity contribution in [3.63, 3.8) is 0 Å². The van der Waals surface area contributed by atoms with E-state index in [1.54, 1.807) is 12.1 Å². The van der Waals surface area contributed by atoms with Crippen molar-refractivity contribution in [2.24, 2.45) is 0 Å². The lowest BCUT2D eigenvalue weighted by molar-refractivity contribution is -0.297. The van der Waals surface area contributed by atoms with Gasteiger partial charge in [0.05, 0.1) is 5.97 Å². The van der Waals surface area contributed by atoms with Crippen LogP contribution in [0.1, 0.15) is 17.0 Å². The van der Waals surface area contributed by atoms with Crippen LogP contribution in [0.3, 0.4) is 0 Å². The van der Waals surface area contributed by atoms with E-state index >= 15 is 0 Å². The summed E-state index contributed by atoms with van der Waals surface area (Å²) in [5, 5.41) is 10.4. The van der Waals surface area contributed by atoms with Gasteiger partial charge in [-0.2, -0.15) is 0 Å². The van der Waals surface area contributed by atoms with Gasteiger partial charge in [-0.3, -0.25) is 0 Å². The summed E-state index contributed by atoms with van der Waals surface area (Å²) in [5.41, 5.74) is 2.24. The van der Waals surface area contributed by atoms with Crippen molar-refractivity contribution in [2.45, 2.75) is 13.5 Å². The summed E-state index contributed by atoms with van der Waals surface area (Å²) in [6.45, 7) is 2.06. The Morgan fingerprint density at radius 3 is 2.72 bits per heavy atom. The third-order valence-electron chi connectivity index (χ3n) is 3.44. The molecule has 2 heterocycles. The van der Waals surface area contributed by atoms with Crippen molar-refractivity contribution in [3.05, 3.63) is 71.8 Å². The Labute approximate surface area is 144 Å². The Morgan fingerprint density at radius 1 is 1.24 bits per heavy atom. The molecule has 0 aliphatic heterocycles. The fraction of sp³-hybridized carbons (Fsp3) is 0.105. The minimum atomic E-state index is -1.25. The first-order valence-corrected chi connectivity index (χ1v) is 7.61. The predicted octanol–water partition coefficient (Wildman–Crippen LogP) is 2.39.